The van der Waals surface area contributed by atoms with E-state index in [9.17, 15) is 4.79 Å². The quantitative estimate of drug-likeness (QED) is 0.542. The van der Waals surface area contributed by atoms with Crippen molar-refractivity contribution in [3.05, 3.63) is 64.4 Å². The molecule has 0 fully saturated rings. The Balaban J connectivity index is 1.94. The molecule has 0 saturated heterocycles. The minimum Gasteiger partial charge on any atom is -0.497 e. The van der Waals surface area contributed by atoms with Gasteiger partial charge >= 0.3 is 5.97 Å². The number of benzene rings is 2. The number of ether oxygens (including phenoxy) is 1. The summed E-state index contributed by atoms with van der Waals surface area (Å²) >= 11 is 5.23. The second kappa shape index (κ2) is 7.10. The standard InChI is InChI=1S/C17H14N4O3S/c1-24-14-4-2-3-13(9-14)15-19-20-17(25)21(15)18-10-11-5-7-12(8-6-11)16(22)23/h2-10H,1H3,(H,20,25)(H,22,23). The number of nitrogens with one attached hydrogen (secondary N) is 1. The first-order valence-electron chi connectivity index (χ1n) is 7.28. The second-order valence-electron chi connectivity index (χ2n) is 5.07. The molecule has 0 saturated carbocycles. The molecule has 3 rings (SSSR count). The Morgan fingerprint density at radius 2 is 2.08 bits per heavy atom. The molecule has 0 bridgehead atoms. The summed E-state index contributed by atoms with van der Waals surface area (Å²) < 4.78 is 7.06. The Morgan fingerprint density at radius 3 is 2.76 bits per heavy atom. The minimum atomic E-state index is -0.971. The van der Waals surface area contributed by atoms with Crippen molar-refractivity contribution < 1.29 is 14.6 Å². The third-order valence-electron chi connectivity index (χ3n) is 3.46. The summed E-state index contributed by atoms with van der Waals surface area (Å²) in [5, 5.41) is 20.2. The summed E-state index contributed by atoms with van der Waals surface area (Å²) in [5.41, 5.74) is 1.75. The molecular weight excluding hydrogens is 340 g/mol. The summed E-state index contributed by atoms with van der Waals surface area (Å²) in [4.78, 5) is 10.9. The van der Waals surface area contributed by atoms with E-state index in [-0.39, 0.29) is 5.56 Å². The average Bonchev–Trinajstić information content (AvgIpc) is 3.01. The third-order valence-corrected chi connectivity index (χ3v) is 3.72. The molecule has 2 aromatic carbocycles. The molecule has 126 valence electrons. The van der Waals surface area contributed by atoms with Crippen molar-refractivity contribution in [1.29, 1.82) is 0 Å². The average molecular weight is 354 g/mol. The Hall–Kier alpha value is -3.26. The fourth-order valence-electron chi connectivity index (χ4n) is 2.18. The highest BCUT2D eigenvalue weighted by molar-refractivity contribution is 7.71. The lowest BCUT2D eigenvalue weighted by molar-refractivity contribution is 0.0697. The number of rotatable bonds is 5. The zero-order valence-electron chi connectivity index (χ0n) is 13.2. The Morgan fingerprint density at radius 1 is 1.32 bits per heavy atom. The van der Waals surface area contributed by atoms with Crippen LogP contribution >= 0.6 is 12.2 Å². The topological polar surface area (TPSA) is 92.5 Å². The Labute approximate surface area is 148 Å². The fourth-order valence-corrected chi connectivity index (χ4v) is 2.36. The van der Waals surface area contributed by atoms with Gasteiger partial charge in [0.2, 0.25) is 4.77 Å². The van der Waals surface area contributed by atoms with Gasteiger partial charge in [0.05, 0.1) is 18.9 Å². The third kappa shape index (κ3) is 3.64. The van der Waals surface area contributed by atoms with Crippen molar-refractivity contribution in [1.82, 2.24) is 14.9 Å². The molecule has 25 heavy (non-hydrogen) atoms. The summed E-state index contributed by atoms with van der Waals surface area (Å²) in [6, 6.07) is 13.8. The van der Waals surface area contributed by atoms with Crippen LogP contribution in [0.1, 0.15) is 15.9 Å². The summed E-state index contributed by atoms with van der Waals surface area (Å²) in [5.74, 6) is 0.273. The van der Waals surface area contributed by atoms with Gasteiger partial charge in [0.15, 0.2) is 5.82 Å². The summed E-state index contributed by atoms with van der Waals surface area (Å²) in [7, 11) is 1.59. The monoisotopic (exact) mass is 354 g/mol. The highest BCUT2D eigenvalue weighted by Crippen LogP contribution is 2.22. The van der Waals surface area contributed by atoms with Crippen LogP contribution in [0.5, 0.6) is 5.75 Å². The van der Waals surface area contributed by atoms with Crippen molar-refractivity contribution in [3.8, 4) is 17.1 Å². The first-order valence-corrected chi connectivity index (χ1v) is 7.69. The van der Waals surface area contributed by atoms with Gasteiger partial charge in [-0.3, -0.25) is 0 Å². The van der Waals surface area contributed by atoms with Crippen molar-refractivity contribution in [2.45, 2.75) is 0 Å². The maximum absolute atomic E-state index is 10.9. The van der Waals surface area contributed by atoms with E-state index in [1.54, 1.807) is 25.5 Å². The van der Waals surface area contributed by atoms with Gasteiger partial charge < -0.3 is 9.84 Å². The molecule has 8 heteroatoms. The second-order valence-corrected chi connectivity index (χ2v) is 5.45. The van der Waals surface area contributed by atoms with E-state index in [0.29, 0.717) is 16.3 Å². The van der Waals surface area contributed by atoms with Gasteiger partial charge in [-0.25, -0.2) is 9.89 Å². The van der Waals surface area contributed by atoms with Crippen LogP contribution in [-0.2, 0) is 0 Å². The molecule has 1 heterocycles. The number of aromatic nitrogens is 3. The van der Waals surface area contributed by atoms with Crippen LogP contribution in [0.25, 0.3) is 11.4 Å². The van der Waals surface area contributed by atoms with Crippen LogP contribution in [0.4, 0.5) is 0 Å². The van der Waals surface area contributed by atoms with Gasteiger partial charge in [-0.05, 0) is 42.0 Å². The van der Waals surface area contributed by atoms with E-state index in [4.69, 9.17) is 22.1 Å². The lowest BCUT2D eigenvalue weighted by Crippen LogP contribution is -1.97. The number of methoxy groups -OCH3 is 1. The van der Waals surface area contributed by atoms with Gasteiger partial charge in [0.1, 0.15) is 5.75 Å². The zero-order chi connectivity index (χ0) is 17.8. The SMILES string of the molecule is COc1cccc(-c2n[nH]c(=S)n2N=Cc2ccc(C(=O)O)cc2)c1. The van der Waals surface area contributed by atoms with E-state index in [2.05, 4.69) is 15.3 Å². The number of aromatic amines is 1. The lowest BCUT2D eigenvalue weighted by atomic mass is 10.1. The van der Waals surface area contributed by atoms with Crippen LogP contribution in [0, 0.1) is 4.77 Å². The number of aromatic carboxylic acids is 1. The predicted molar refractivity (Wildman–Crippen MR) is 95.8 cm³/mol. The van der Waals surface area contributed by atoms with Crippen LogP contribution in [-0.4, -0.2) is 39.3 Å². The molecule has 0 radical (unpaired) electrons. The molecule has 0 atom stereocenters. The van der Waals surface area contributed by atoms with Gasteiger partial charge in [0, 0.05) is 5.56 Å². The molecule has 0 aliphatic rings. The summed E-state index contributed by atoms with van der Waals surface area (Å²) in [6.45, 7) is 0. The number of nitrogens with zero attached hydrogens (tertiary/aromatic N) is 3. The zero-order valence-corrected chi connectivity index (χ0v) is 14.0. The lowest BCUT2D eigenvalue weighted by Gasteiger charge is -2.04. The number of carboxylic acid groups (broad SMARTS) is 1. The van der Waals surface area contributed by atoms with E-state index < -0.39 is 5.97 Å². The highest BCUT2D eigenvalue weighted by atomic mass is 32.1. The Bertz CT molecular complexity index is 990. The van der Waals surface area contributed by atoms with Crippen molar-refractivity contribution in [2.75, 3.05) is 7.11 Å². The van der Waals surface area contributed by atoms with Crippen molar-refractivity contribution >= 4 is 24.4 Å². The van der Waals surface area contributed by atoms with Crippen LogP contribution in [0.2, 0.25) is 0 Å². The van der Waals surface area contributed by atoms with Gasteiger partial charge in [0.25, 0.3) is 0 Å². The fraction of sp³-hybridized carbons (Fsp3) is 0.0588. The van der Waals surface area contributed by atoms with Crippen LogP contribution < -0.4 is 4.74 Å². The number of carbonyl (C=O) groups is 1. The molecule has 0 spiro atoms. The maximum Gasteiger partial charge on any atom is 0.335 e. The van der Waals surface area contributed by atoms with Crippen molar-refractivity contribution in [2.24, 2.45) is 5.10 Å². The number of H-pyrrole nitrogens is 1. The van der Waals surface area contributed by atoms with Gasteiger partial charge in [-0.2, -0.15) is 14.9 Å². The minimum absolute atomic E-state index is 0.217. The number of hydrogen-bond donors (Lipinski definition) is 2. The van der Waals surface area contributed by atoms with E-state index in [1.165, 1.54) is 16.8 Å². The van der Waals surface area contributed by atoms with Gasteiger partial charge in [-0.1, -0.05) is 24.3 Å². The molecule has 0 amide bonds. The largest absolute Gasteiger partial charge is 0.497 e. The molecule has 0 unspecified atom stereocenters. The van der Waals surface area contributed by atoms with Crippen LogP contribution in [0.3, 0.4) is 0 Å². The van der Waals surface area contributed by atoms with Gasteiger partial charge in [-0.15, -0.1) is 0 Å². The van der Waals surface area contributed by atoms with Crippen molar-refractivity contribution in [3.63, 3.8) is 0 Å². The van der Waals surface area contributed by atoms with Crippen LogP contribution in [0.15, 0.2) is 53.6 Å². The molecule has 0 aliphatic heterocycles. The molecule has 0 aliphatic carbocycles. The van der Waals surface area contributed by atoms with E-state index in [1.807, 2.05) is 24.3 Å². The highest BCUT2D eigenvalue weighted by Gasteiger charge is 2.09. The number of hydrogen-bond acceptors (Lipinski definition) is 5. The van der Waals surface area contributed by atoms with E-state index >= 15 is 0 Å². The first-order chi connectivity index (χ1) is 12.1. The summed E-state index contributed by atoms with van der Waals surface area (Å²) in [6.07, 6.45) is 1.58. The smallest absolute Gasteiger partial charge is 0.335 e. The molecule has 7 nitrogen and oxygen atoms in total. The molecule has 3 aromatic rings. The molecule has 1 aromatic heterocycles. The molecule has 2 N–H and O–H groups in total. The predicted octanol–water partition coefficient (Wildman–Crippen LogP) is 3.20. The Kier molecular flexibility index (Phi) is 4.71. The maximum atomic E-state index is 10.9. The normalized spacial score (nSPS) is 10.9. The molecular formula is C17H14N4O3S. The first kappa shape index (κ1) is 16.6. The number of carboxylic acids is 1. The van der Waals surface area contributed by atoms with E-state index in [0.717, 1.165) is 11.1 Å².